The quantitative estimate of drug-likeness (QED) is 0.662. The molecule has 0 spiro atoms. The molecule has 0 N–H and O–H groups in total. The van der Waals surface area contributed by atoms with E-state index in [2.05, 4.69) is 0 Å². The number of ether oxygens (including phenoxy) is 5. The Labute approximate surface area is 164 Å². The molecule has 4 unspecified atom stereocenters. The number of Topliss-reactive ketones (excluding diaryl/α,β-unsaturated/α-hetero) is 1. The fourth-order valence-corrected chi connectivity index (χ4v) is 3.51. The van der Waals surface area contributed by atoms with Gasteiger partial charge in [0.05, 0.1) is 25.7 Å². The number of rotatable bonds is 7. The van der Waals surface area contributed by atoms with Gasteiger partial charge in [0.2, 0.25) is 11.5 Å². The van der Waals surface area contributed by atoms with Crippen LogP contribution in [0.4, 0.5) is 0 Å². The smallest absolute Gasteiger partial charge is 0.334 e. The Hall–Kier alpha value is -2.54. The number of carbonyl (C=O) groups excluding carboxylic acids is 2. The summed E-state index contributed by atoms with van der Waals surface area (Å²) in [5, 5.41) is 0. The van der Waals surface area contributed by atoms with Crippen LogP contribution in [0.3, 0.4) is 0 Å². The lowest BCUT2D eigenvalue weighted by Crippen LogP contribution is -2.43. The summed E-state index contributed by atoms with van der Waals surface area (Å²) in [5.74, 6) is 0.747. The highest BCUT2D eigenvalue weighted by Crippen LogP contribution is 2.35. The summed E-state index contributed by atoms with van der Waals surface area (Å²) in [6, 6.07) is 7.00. The Kier molecular flexibility index (Phi) is 6.57. The zero-order chi connectivity index (χ0) is 20.1. The molecule has 1 aliphatic heterocycles. The number of esters is 1. The topological polar surface area (TPSA) is 80.3 Å². The summed E-state index contributed by atoms with van der Waals surface area (Å²) in [5.41, 5.74) is 0. The van der Waals surface area contributed by atoms with Crippen molar-refractivity contribution in [2.45, 2.75) is 51.4 Å². The first kappa shape index (κ1) is 20.2. The van der Waals surface area contributed by atoms with E-state index in [1.165, 1.54) is 6.26 Å². The van der Waals surface area contributed by atoms with E-state index in [4.69, 9.17) is 23.7 Å². The van der Waals surface area contributed by atoms with Crippen LogP contribution in [0.1, 0.15) is 33.1 Å². The maximum Gasteiger partial charge on any atom is 0.334 e. The highest BCUT2D eigenvalue weighted by atomic mass is 16.6. The molecular formula is C21H26O7. The molecule has 0 bridgehead atoms. The summed E-state index contributed by atoms with van der Waals surface area (Å²) >= 11 is 0. The van der Waals surface area contributed by atoms with Crippen LogP contribution in [0.5, 0.6) is 11.5 Å². The number of hydrogen-bond donors (Lipinski definition) is 0. The van der Waals surface area contributed by atoms with E-state index in [0.717, 1.165) is 0 Å². The van der Waals surface area contributed by atoms with Crippen molar-refractivity contribution in [2.24, 2.45) is 5.92 Å². The number of ketones is 1. The molecule has 1 aromatic rings. The summed E-state index contributed by atoms with van der Waals surface area (Å²) in [4.78, 5) is 24.5. The van der Waals surface area contributed by atoms with E-state index in [0.29, 0.717) is 37.4 Å². The molecule has 1 aromatic carbocycles. The first-order valence-corrected chi connectivity index (χ1v) is 9.55. The van der Waals surface area contributed by atoms with Gasteiger partial charge in [-0.2, -0.15) is 0 Å². The van der Waals surface area contributed by atoms with Gasteiger partial charge in [-0.15, -0.1) is 0 Å². The van der Waals surface area contributed by atoms with Gasteiger partial charge in [0.1, 0.15) is 23.9 Å². The molecule has 1 fully saturated rings. The van der Waals surface area contributed by atoms with Crippen LogP contribution in [0.2, 0.25) is 0 Å². The van der Waals surface area contributed by atoms with Crippen LogP contribution in [-0.4, -0.2) is 43.8 Å². The minimum absolute atomic E-state index is 0.0658. The molecule has 28 heavy (non-hydrogen) atoms. The average Bonchev–Trinajstić information content (AvgIpc) is 2.71. The molecule has 1 saturated carbocycles. The van der Waals surface area contributed by atoms with Crippen molar-refractivity contribution in [1.82, 2.24) is 0 Å². The van der Waals surface area contributed by atoms with Crippen molar-refractivity contribution in [3.05, 3.63) is 36.3 Å². The predicted octanol–water partition coefficient (Wildman–Crippen LogP) is 3.02. The molecule has 0 saturated heterocycles. The Balaban J connectivity index is 1.58. The first-order valence-electron chi connectivity index (χ1n) is 9.55. The van der Waals surface area contributed by atoms with Crippen molar-refractivity contribution >= 4 is 11.8 Å². The average molecular weight is 390 g/mol. The third kappa shape index (κ3) is 4.65. The summed E-state index contributed by atoms with van der Waals surface area (Å²) in [6.07, 6.45) is 2.17. The molecule has 0 aromatic heterocycles. The van der Waals surface area contributed by atoms with E-state index in [9.17, 15) is 9.59 Å². The van der Waals surface area contributed by atoms with Gasteiger partial charge in [-0.05, 0) is 51.0 Å². The van der Waals surface area contributed by atoms with Crippen LogP contribution in [0, 0.1) is 5.92 Å². The highest BCUT2D eigenvalue weighted by Gasteiger charge is 2.42. The number of methoxy groups -OCH3 is 1. The summed E-state index contributed by atoms with van der Waals surface area (Å²) in [7, 11) is 1.59. The zero-order valence-electron chi connectivity index (χ0n) is 16.4. The van der Waals surface area contributed by atoms with Crippen LogP contribution in [-0.2, 0) is 23.8 Å². The number of allylic oxidation sites excluding steroid dienone is 1. The molecule has 3 rings (SSSR count). The Morgan fingerprint density at radius 3 is 2.61 bits per heavy atom. The molecule has 7 nitrogen and oxygen atoms in total. The van der Waals surface area contributed by atoms with Gasteiger partial charge in [0.15, 0.2) is 6.10 Å². The molecule has 1 aliphatic carbocycles. The first-order chi connectivity index (χ1) is 13.5. The lowest BCUT2D eigenvalue weighted by molar-refractivity contribution is -0.164. The largest absolute Gasteiger partial charge is 0.497 e. The van der Waals surface area contributed by atoms with Gasteiger partial charge in [-0.1, -0.05) is 0 Å². The van der Waals surface area contributed by atoms with Crippen molar-refractivity contribution in [1.29, 1.82) is 0 Å². The van der Waals surface area contributed by atoms with Gasteiger partial charge in [-0.3, -0.25) is 4.79 Å². The van der Waals surface area contributed by atoms with E-state index in [1.54, 1.807) is 45.2 Å². The zero-order valence-corrected chi connectivity index (χ0v) is 16.4. The van der Waals surface area contributed by atoms with Gasteiger partial charge < -0.3 is 23.7 Å². The van der Waals surface area contributed by atoms with E-state index in [1.807, 2.05) is 0 Å². The fraction of sp³-hybridized carbons (Fsp3) is 0.524. The van der Waals surface area contributed by atoms with E-state index >= 15 is 0 Å². The number of hydrogen-bond acceptors (Lipinski definition) is 7. The van der Waals surface area contributed by atoms with Crippen molar-refractivity contribution in [3.63, 3.8) is 0 Å². The Morgan fingerprint density at radius 1 is 1.21 bits per heavy atom. The van der Waals surface area contributed by atoms with Crippen molar-refractivity contribution < 1.29 is 33.3 Å². The highest BCUT2D eigenvalue weighted by molar-refractivity contribution is 5.96. The second-order valence-electron chi connectivity index (χ2n) is 6.87. The number of benzene rings is 1. The third-order valence-corrected chi connectivity index (χ3v) is 4.98. The molecule has 7 heteroatoms. The Morgan fingerprint density at radius 2 is 1.93 bits per heavy atom. The Bertz CT molecular complexity index is 725. The minimum atomic E-state index is -0.634. The molecule has 152 valence electrons. The molecule has 0 amide bonds. The SMILES string of the molecule is CCOC(=O)C(C)OC1CCC2C(=O)C(Oc3ccc(OC)cc3)=COC2C1. The minimum Gasteiger partial charge on any atom is -0.497 e. The van der Waals surface area contributed by atoms with Crippen molar-refractivity contribution in [2.75, 3.05) is 13.7 Å². The van der Waals surface area contributed by atoms with Crippen LogP contribution < -0.4 is 9.47 Å². The van der Waals surface area contributed by atoms with Crippen LogP contribution >= 0.6 is 0 Å². The lowest BCUT2D eigenvalue weighted by Gasteiger charge is -2.37. The molecule has 4 atom stereocenters. The maximum absolute atomic E-state index is 12.8. The molecule has 1 heterocycles. The second-order valence-corrected chi connectivity index (χ2v) is 6.87. The monoisotopic (exact) mass is 390 g/mol. The maximum atomic E-state index is 12.8. The number of fused-ring (bicyclic) bond motifs is 1. The standard InChI is InChI=1S/C21H26O7/c1-4-25-21(23)13(2)27-16-9-10-17-18(11-16)26-12-19(20(17)22)28-15-7-5-14(24-3)6-8-15/h5-8,12-13,16-18H,4,9-11H2,1-3H3. The van der Waals surface area contributed by atoms with E-state index < -0.39 is 6.10 Å². The van der Waals surface area contributed by atoms with Gasteiger partial charge in [-0.25, -0.2) is 4.79 Å². The molecular weight excluding hydrogens is 364 g/mol. The van der Waals surface area contributed by atoms with Crippen LogP contribution in [0.15, 0.2) is 36.3 Å². The van der Waals surface area contributed by atoms with Gasteiger partial charge in [0, 0.05) is 6.42 Å². The third-order valence-electron chi connectivity index (χ3n) is 4.98. The normalized spacial score (nSPS) is 25.0. The van der Waals surface area contributed by atoms with Crippen LogP contribution in [0.25, 0.3) is 0 Å². The number of carbonyl (C=O) groups is 2. The second kappa shape index (κ2) is 9.10. The molecule has 2 aliphatic rings. The summed E-state index contributed by atoms with van der Waals surface area (Å²) < 4.78 is 27.4. The lowest BCUT2D eigenvalue weighted by atomic mass is 9.80. The van der Waals surface area contributed by atoms with Gasteiger partial charge >= 0.3 is 5.97 Å². The fourth-order valence-electron chi connectivity index (χ4n) is 3.51. The van der Waals surface area contributed by atoms with E-state index in [-0.39, 0.29) is 35.6 Å². The van der Waals surface area contributed by atoms with Crippen molar-refractivity contribution in [3.8, 4) is 11.5 Å². The molecule has 0 radical (unpaired) electrons. The predicted molar refractivity (Wildman–Crippen MR) is 99.9 cm³/mol. The van der Waals surface area contributed by atoms with Gasteiger partial charge in [0.25, 0.3) is 0 Å². The summed E-state index contributed by atoms with van der Waals surface area (Å²) in [6.45, 7) is 3.76.